The predicted octanol–water partition coefficient (Wildman–Crippen LogP) is 4.01. The molecule has 3 heteroatoms. The van der Waals surface area contributed by atoms with Gasteiger partial charge >= 0.3 is 0 Å². The van der Waals surface area contributed by atoms with Crippen LogP contribution in [-0.4, -0.2) is 18.7 Å². The zero-order valence-electron chi connectivity index (χ0n) is 12.7. The van der Waals surface area contributed by atoms with Gasteiger partial charge in [0, 0.05) is 6.04 Å². The monoisotopic (exact) mass is 279 g/mol. The number of ether oxygens (including phenoxy) is 1. The first kappa shape index (κ1) is 15.3. The van der Waals surface area contributed by atoms with Crippen LogP contribution in [0.25, 0.3) is 0 Å². The van der Waals surface area contributed by atoms with Gasteiger partial charge in [-0.05, 0) is 61.9 Å². The molecule has 0 aliphatic heterocycles. The van der Waals surface area contributed by atoms with Crippen LogP contribution in [-0.2, 0) is 0 Å². The number of rotatable bonds is 5. The summed E-state index contributed by atoms with van der Waals surface area (Å²) >= 11 is 0. The molecular weight excluding hydrogens is 253 g/mol. The summed E-state index contributed by atoms with van der Waals surface area (Å²) in [5.74, 6) is 1.79. The van der Waals surface area contributed by atoms with Crippen molar-refractivity contribution in [2.75, 3.05) is 6.54 Å². The van der Waals surface area contributed by atoms with Crippen molar-refractivity contribution in [3.8, 4) is 5.75 Å². The minimum absolute atomic E-state index is 0.170. The Morgan fingerprint density at radius 1 is 1.20 bits per heavy atom. The lowest BCUT2D eigenvalue weighted by molar-refractivity contribution is 0.0477. The summed E-state index contributed by atoms with van der Waals surface area (Å²) in [6.45, 7) is 7.77. The predicted molar refractivity (Wildman–Crippen MR) is 80.5 cm³/mol. The Labute approximate surface area is 121 Å². The first-order valence-corrected chi connectivity index (χ1v) is 7.75. The van der Waals surface area contributed by atoms with Gasteiger partial charge in [0.2, 0.25) is 0 Å². The van der Waals surface area contributed by atoms with E-state index in [0.717, 1.165) is 31.1 Å². The minimum atomic E-state index is -0.219. The summed E-state index contributed by atoms with van der Waals surface area (Å²) in [4.78, 5) is 0. The fourth-order valence-corrected chi connectivity index (χ4v) is 3.23. The molecule has 20 heavy (non-hydrogen) atoms. The van der Waals surface area contributed by atoms with Crippen LogP contribution in [0.4, 0.5) is 4.39 Å². The van der Waals surface area contributed by atoms with E-state index >= 15 is 0 Å². The van der Waals surface area contributed by atoms with Gasteiger partial charge in [-0.2, -0.15) is 0 Å². The van der Waals surface area contributed by atoms with E-state index in [-0.39, 0.29) is 11.9 Å². The highest BCUT2D eigenvalue weighted by Gasteiger charge is 2.35. The molecule has 1 fully saturated rings. The number of hydrogen-bond donors (Lipinski definition) is 1. The number of nitrogens with one attached hydrogen (secondary N) is 1. The number of benzene rings is 1. The van der Waals surface area contributed by atoms with Gasteiger partial charge in [-0.15, -0.1) is 0 Å². The van der Waals surface area contributed by atoms with Crippen molar-refractivity contribution in [1.29, 1.82) is 0 Å². The molecule has 1 aliphatic carbocycles. The Hall–Kier alpha value is -1.09. The number of hydrogen-bond acceptors (Lipinski definition) is 2. The minimum Gasteiger partial charge on any atom is -0.489 e. The van der Waals surface area contributed by atoms with E-state index in [9.17, 15) is 4.39 Å². The van der Waals surface area contributed by atoms with Gasteiger partial charge in [0.25, 0.3) is 0 Å². The molecule has 4 atom stereocenters. The summed E-state index contributed by atoms with van der Waals surface area (Å²) in [6.07, 6.45) is 3.64. The van der Waals surface area contributed by atoms with Crippen molar-refractivity contribution in [2.45, 2.75) is 52.2 Å². The van der Waals surface area contributed by atoms with Gasteiger partial charge in [-0.3, -0.25) is 0 Å². The quantitative estimate of drug-likeness (QED) is 0.879. The highest BCUT2D eigenvalue weighted by molar-refractivity contribution is 5.22. The fourth-order valence-electron chi connectivity index (χ4n) is 3.23. The third-order valence-electron chi connectivity index (χ3n) is 4.13. The second-order valence-electron chi connectivity index (χ2n) is 6.15. The van der Waals surface area contributed by atoms with Crippen molar-refractivity contribution < 1.29 is 9.13 Å². The Kier molecular flexibility index (Phi) is 5.41. The molecule has 2 nitrogen and oxygen atoms in total. The molecule has 1 aromatic carbocycles. The Bertz CT molecular complexity index is 406. The van der Waals surface area contributed by atoms with Gasteiger partial charge in [0.15, 0.2) is 0 Å². The van der Waals surface area contributed by atoms with Crippen LogP contribution in [0.3, 0.4) is 0 Å². The van der Waals surface area contributed by atoms with Crippen molar-refractivity contribution in [3.63, 3.8) is 0 Å². The molecule has 1 aliphatic rings. The van der Waals surface area contributed by atoms with Crippen LogP contribution >= 0.6 is 0 Å². The fraction of sp³-hybridized carbons (Fsp3) is 0.647. The molecule has 0 aromatic heterocycles. The third-order valence-corrected chi connectivity index (χ3v) is 4.13. The molecule has 4 unspecified atom stereocenters. The second-order valence-corrected chi connectivity index (χ2v) is 6.15. The van der Waals surface area contributed by atoms with Crippen LogP contribution in [0.5, 0.6) is 5.75 Å². The average molecular weight is 279 g/mol. The van der Waals surface area contributed by atoms with E-state index < -0.39 is 0 Å². The smallest absolute Gasteiger partial charge is 0.123 e. The van der Waals surface area contributed by atoms with Crippen LogP contribution < -0.4 is 10.1 Å². The lowest BCUT2D eigenvalue weighted by atomic mass is 9.78. The van der Waals surface area contributed by atoms with Crippen LogP contribution in [0.2, 0.25) is 0 Å². The van der Waals surface area contributed by atoms with E-state index in [1.54, 1.807) is 12.1 Å². The van der Waals surface area contributed by atoms with Gasteiger partial charge < -0.3 is 10.1 Å². The molecule has 0 spiro atoms. The maximum Gasteiger partial charge on any atom is 0.123 e. The van der Waals surface area contributed by atoms with Crippen LogP contribution in [0.1, 0.15) is 40.0 Å². The maximum atomic E-state index is 13.0. The Morgan fingerprint density at radius 2 is 1.90 bits per heavy atom. The third kappa shape index (κ3) is 3.95. The average Bonchev–Trinajstić information content (AvgIpc) is 2.42. The molecular formula is C17H26FNO. The van der Waals surface area contributed by atoms with Crippen molar-refractivity contribution in [2.24, 2.45) is 11.8 Å². The van der Waals surface area contributed by atoms with E-state index in [0.29, 0.717) is 12.0 Å². The van der Waals surface area contributed by atoms with Gasteiger partial charge in [0.1, 0.15) is 17.7 Å². The zero-order valence-corrected chi connectivity index (χ0v) is 12.7. The highest BCUT2D eigenvalue weighted by atomic mass is 19.1. The van der Waals surface area contributed by atoms with E-state index in [2.05, 4.69) is 26.1 Å². The topological polar surface area (TPSA) is 21.3 Å². The van der Waals surface area contributed by atoms with Gasteiger partial charge in [0.05, 0.1) is 0 Å². The Morgan fingerprint density at radius 3 is 2.55 bits per heavy atom. The van der Waals surface area contributed by atoms with E-state index in [1.165, 1.54) is 18.6 Å². The lowest BCUT2D eigenvalue weighted by Gasteiger charge is -2.40. The highest BCUT2D eigenvalue weighted by Crippen LogP contribution is 2.32. The van der Waals surface area contributed by atoms with Crippen LogP contribution in [0.15, 0.2) is 24.3 Å². The molecule has 0 heterocycles. The standard InChI is InChI=1S/C17H26FNO/c1-4-9-19-16-11-12(2)10-13(3)17(16)20-15-7-5-14(18)6-8-15/h5-8,12-13,16-17,19H,4,9-11H2,1-3H3. The summed E-state index contributed by atoms with van der Waals surface area (Å²) in [6, 6.07) is 6.74. The lowest BCUT2D eigenvalue weighted by Crippen LogP contribution is -2.51. The molecule has 2 rings (SSSR count). The molecule has 112 valence electrons. The van der Waals surface area contributed by atoms with Gasteiger partial charge in [-0.1, -0.05) is 20.8 Å². The largest absolute Gasteiger partial charge is 0.489 e. The van der Waals surface area contributed by atoms with Gasteiger partial charge in [-0.25, -0.2) is 4.39 Å². The van der Waals surface area contributed by atoms with Crippen molar-refractivity contribution >= 4 is 0 Å². The first-order valence-electron chi connectivity index (χ1n) is 7.75. The summed E-state index contributed by atoms with van der Waals surface area (Å²) < 4.78 is 19.1. The van der Waals surface area contributed by atoms with E-state index in [1.807, 2.05) is 0 Å². The summed E-state index contributed by atoms with van der Waals surface area (Å²) in [5, 5.41) is 3.61. The molecule has 0 amide bonds. The van der Waals surface area contributed by atoms with Crippen LogP contribution in [0, 0.1) is 17.7 Å². The molecule has 0 saturated heterocycles. The molecule has 1 saturated carbocycles. The molecule has 1 N–H and O–H groups in total. The normalized spacial score (nSPS) is 30.2. The van der Waals surface area contributed by atoms with Crippen molar-refractivity contribution in [3.05, 3.63) is 30.1 Å². The molecule has 1 aromatic rings. The van der Waals surface area contributed by atoms with Crippen molar-refractivity contribution in [1.82, 2.24) is 5.32 Å². The second kappa shape index (κ2) is 7.07. The maximum absolute atomic E-state index is 13.0. The Balaban J connectivity index is 2.05. The van der Waals surface area contributed by atoms with E-state index in [4.69, 9.17) is 4.74 Å². The SMILES string of the molecule is CCCNC1CC(C)CC(C)C1Oc1ccc(F)cc1. The molecule has 0 radical (unpaired) electrons. The molecule has 0 bridgehead atoms. The summed E-state index contributed by atoms with van der Waals surface area (Å²) in [5.41, 5.74) is 0. The number of halogens is 1. The first-order chi connectivity index (χ1) is 9.60. The zero-order chi connectivity index (χ0) is 14.5. The summed E-state index contributed by atoms with van der Waals surface area (Å²) in [7, 11) is 0.